The molecule has 5 rings (SSSR count). The monoisotopic (exact) mass is 550 g/mol. The number of hydrogen-bond acceptors (Lipinski definition) is 5. The zero-order chi connectivity index (χ0) is 26.1. The number of allylic oxidation sites excluding steroid dienone is 2. The first kappa shape index (κ1) is 26.9. The van der Waals surface area contributed by atoms with E-state index in [1.807, 2.05) is 25.1 Å². The van der Waals surface area contributed by atoms with Gasteiger partial charge in [-0.25, -0.2) is 18.0 Å². The van der Waals surface area contributed by atoms with Gasteiger partial charge in [0.05, 0.1) is 27.4 Å². The average molecular weight is 551 g/mol. The van der Waals surface area contributed by atoms with Crippen molar-refractivity contribution in [2.24, 2.45) is 11.5 Å². The number of aromatic nitrogens is 2. The molecule has 0 aliphatic heterocycles. The summed E-state index contributed by atoms with van der Waals surface area (Å²) < 4.78 is 45.0. The summed E-state index contributed by atoms with van der Waals surface area (Å²) in [6, 6.07) is 19.7. The van der Waals surface area contributed by atoms with E-state index in [-0.39, 0.29) is 16.7 Å². The molecule has 1 unspecified atom stereocenters. The van der Waals surface area contributed by atoms with E-state index < -0.39 is 22.6 Å². The number of aryl methyl sites for hydroxylation is 1. The van der Waals surface area contributed by atoms with Crippen LogP contribution in [0.5, 0.6) is 0 Å². The summed E-state index contributed by atoms with van der Waals surface area (Å²) in [5.74, 6) is -1.47. The summed E-state index contributed by atoms with van der Waals surface area (Å²) in [5.41, 5.74) is 14.1. The fourth-order valence-electron chi connectivity index (χ4n) is 4.16. The van der Waals surface area contributed by atoms with E-state index in [4.69, 9.17) is 16.5 Å². The molecule has 2 heterocycles. The van der Waals surface area contributed by atoms with Gasteiger partial charge in [-0.2, -0.15) is 0 Å². The molecular formula is C28H24F2N4O2S2. The summed E-state index contributed by atoms with van der Waals surface area (Å²) in [6.45, 7) is 1.96. The summed E-state index contributed by atoms with van der Waals surface area (Å²) in [5, 5.41) is 1.39. The fraction of sp³-hybridized carbons (Fsp3) is 0.0357. The molecule has 10 heteroatoms. The SMILES string of the molecule is Cc1sc(C(/C=C\N)=C/N)nc1-c1ccc2c(c1)cc(-c1c(F)cccc1F)n2S(=O)c1ccccc1.O. The molecule has 5 aromatic rings. The van der Waals surface area contributed by atoms with Gasteiger partial charge in [0.2, 0.25) is 0 Å². The summed E-state index contributed by atoms with van der Waals surface area (Å²) in [7, 11) is -1.75. The third-order valence-corrected chi connectivity index (χ3v) is 8.28. The number of thiazole rings is 1. The maximum atomic E-state index is 14.9. The standard InChI is InChI=1S/C28H22F2N4OS2.H2O/c1-17-27(33-28(36-17)19(16-32)12-13-31)18-10-11-24-20(14-18)15-25(26-22(29)8-5-9-23(26)30)34(24)37(35)21-6-3-2-4-7-21;/h2-16H,31-32H2,1H3;1H2/b13-12-,19-16+;. The van der Waals surface area contributed by atoms with E-state index in [2.05, 4.69) is 0 Å². The molecule has 0 spiro atoms. The summed E-state index contributed by atoms with van der Waals surface area (Å²) in [6.07, 6.45) is 4.53. The van der Waals surface area contributed by atoms with Crippen LogP contribution >= 0.6 is 11.3 Å². The van der Waals surface area contributed by atoms with E-state index in [1.165, 1.54) is 45.9 Å². The fourth-order valence-corrected chi connectivity index (χ4v) is 6.37. The van der Waals surface area contributed by atoms with Crippen LogP contribution in [-0.2, 0) is 11.0 Å². The minimum Gasteiger partial charge on any atom is -0.412 e. The molecule has 6 N–H and O–H groups in total. The third-order valence-electron chi connectivity index (χ3n) is 5.86. The van der Waals surface area contributed by atoms with Crippen LogP contribution in [0.1, 0.15) is 9.88 Å². The summed E-state index contributed by atoms with van der Waals surface area (Å²) >= 11 is 1.48. The van der Waals surface area contributed by atoms with Crippen molar-refractivity contribution in [3.63, 3.8) is 0 Å². The molecule has 6 nitrogen and oxygen atoms in total. The van der Waals surface area contributed by atoms with Gasteiger partial charge in [0, 0.05) is 27.6 Å². The normalized spacial score (nSPS) is 12.7. The number of benzene rings is 3. The van der Waals surface area contributed by atoms with Crippen LogP contribution in [0.4, 0.5) is 8.78 Å². The molecular weight excluding hydrogens is 526 g/mol. The Morgan fingerprint density at radius 3 is 2.37 bits per heavy atom. The maximum absolute atomic E-state index is 14.9. The first-order valence-electron chi connectivity index (χ1n) is 11.3. The zero-order valence-corrected chi connectivity index (χ0v) is 21.8. The second-order valence-corrected chi connectivity index (χ2v) is 10.7. The molecule has 0 aliphatic rings. The second kappa shape index (κ2) is 11.1. The van der Waals surface area contributed by atoms with Crippen molar-refractivity contribution < 1.29 is 18.5 Å². The average Bonchev–Trinajstić information content (AvgIpc) is 3.47. The van der Waals surface area contributed by atoms with Crippen LogP contribution in [0.3, 0.4) is 0 Å². The van der Waals surface area contributed by atoms with Crippen molar-refractivity contribution in [2.75, 3.05) is 0 Å². The van der Waals surface area contributed by atoms with Crippen LogP contribution in [0, 0.1) is 18.6 Å². The molecule has 0 saturated heterocycles. The van der Waals surface area contributed by atoms with Crippen molar-refractivity contribution in [1.82, 2.24) is 8.96 Å². The van der Waals surface area contributed by atoms with Crippen molar-refractivity contribution in [1.29, 1.82) is 0 Å². The van der Waals surface area contributed by atoms with E-state index in [1.54, 1.807) is 42.5 Å². The highest BCUT2D eigenvalue weighted by Crippen LogP contribution is 2.37. The van der Waals surface area contributed by atoms with Crippen LogP contribution in [-0.4, -0.2) is 18.6 Å². The number of hydrogen-bond donors (Lipinski definition) is 2. The zero-order valence-electron chi connectivity index (χ0n) is 20.2. The number of halogens is 2. The van der Waals surface area contributed by atoms with E-state index in [9.17, 15) is 13.0 Å². The summed E-state index contributed by atoms with van der Waals surface area (Å²) in [4.78, 5) is 6.23. The highest BCUT2D eigenvalue weighted by molar-refractivity contribution is 7.83. The Morgan fingerprint density at radius 2 is 1.71 bits per heavy atom. The van der Waals surface area contributed by atoms with Gasteiger partial charge in [-0.3, -0.25) is 3.97 Å². The molecule has 0 bridgehead atoms. The molecule has 0 aliphatic carbocycles. The van der Waals surface area contributed by atoms with E-state index in [0.29, 0.717) is 26.4 Å². The quantitative estimate of drug-likeness (QED) is 0.270. The van der Waals surface area contributed by atoms with Crippen LogP contribution in [0.15, 0.2) is 96.2 Å². The Balaban J connectivity index is 0.00000336. The number of rotatable bonds is 6. The first-order chi connectivity index (χ1) is 17.9. The minimum absolute atomic E-state index is 0. The highest BCUT2D eigenvalue weighted by Gasteiger charge is 2.23. The first-order valence-corrected chi connectivity index (χ1v) is 13.2. The number of fused-ring (bicyclic) bond motifs is 1. The van der Waals surface area contributed by atoms with Gasteiger partial charge < -0.3 is 16.9 Å². The molecule has 3 aromatic carbocycles. The van der Waals surface area contributed by atoms with Gasteiger partial charge in [-0.05, 0) is 61.7 Å². The minimum atomic E-state index is -1.75. The van der Waals surface area contributed by atoms with E-state index in [0.717, 1.165) is 16.1 Å². The van der Waals surface area contributed by atoms with Gasteiger partial charge in [-0.15, -0.1) is 11.3 Å². The lowest BCUT2D eigenvalue weighted by Gasteiger charge is -2.12. The Morgan fingerprint density at radius 1 is 1.00 bits per heavy atom. The Labute approximate surface area is 224 Å². The Bertz CT molecular complexity index is 1690. The highest BCUT2D eigenvalue weighted by atomic mass is 32.2. The maximum Gasteiger partial charge on any atom is 0.157 e. The van der Waals surface area contributed by atoms with Crippen LogP contribution in [0.25, 0.3) is 39.0 Å². The lowest BCUT2D eigenvalue weighted by Crippen LogP contribution is -2.08. The van der Waals surface area contributed by atoms with Gasteiger partial charge in [0.25, 0.3) is 0 Å². The van der Waals surface area contributed by atoms with Crippen molar-refractivity contribution in [3.8, 4) is 22.5 Å². The van der Waals surface area contributed by atoms with E-state index >= 15 is 0 Å². The predicted octanol–water partition coefficient (Wildman–Crippen LogP) is 5.54. The van der Waals surface area contributed by atoms with Crippen molar-refractivity contribution in [2.45, 2.75) is 11.8 Å². The smallest absolute Gasteiger partial charge is 0.157 e. The lowest BCUT2D eigenvalue weighted by atomic mass is 10.1. The molecule has 0 fully saturated rings. The van der Waals surface area contributed by atoms with Crippen molar-refractivity contribution >= 4 is 38.8 Å². The molecule has 1 atom stereocenters. The lowest BCUT2D eigenvalue weighted by molar-refractivity contribution is 0.588. The largest absolute Gasteiger partial charge is 0.412 e. The van der Waals surface area contributed by atoms with Gasteiger partial charge in [-0.1, -0.05) is 30.3 Å². The predicted molar refractivity (Wildman–Crippen MR) is 150 cm³/mol. The van der Waals surface area contributed by atoms with Crippen molar-refractivity contribution in [3.05, 3.63) is 113 Å². The second-order valence-electron chi connectivity index (χ2n) is 8.16. The van der Waals surface area contributed by atoms with Gasteiger partial charge in [0.15, 0.2) is 11.0 Å². The topological polar surface area (TPSA) is 118 Å². The molecule has 0 amide bonds. The Kier molecular flexibility index (Phi) is 7.86. The molecule has 0 radical (unpaired) electrons. The number of nitrogens with zero attached hydrogens (tertiary/aromatic N) is 2. The Hall–Kier alpha value is -4.12. The van der Waals surface area contributed by atoms with Crippen LogP contribution in [0.2, 0.25) is 0 Å². The molecule has 2 aromatic heterocycles. The van der Waals surface area contributed by atoms with Gasteiger partial charge in [0.1, 0.15) is 16.6 Å². The molecule has 38 heavy (non-hydrogen) atoms. The van der Waals surface area contributed by atoms with Gasteiger partial charge >= 0.3 is 0 Å². The number of nitrogens with two attached hydrogens (primary N) is 2. The third kappa shape index (κ3) is 4.76. The molecule has 194 valence electrons. The van der Waals surface area contributed by atoms with Crippen LogP contribution < -0.4 is 11.5 Å². The molecule has 0 saturated carbocycles.